The average molecular weight is 589 g/mol. The zero-order valence-electron chi connectivity index (χ0n) is 22.5. The Balaban J connectivity index is 1.83. The van der Waals surface area contributed by atoms with Gasteiger partial charge in [0.25, 0.3) is 5.91 Å². The predicted octanol–water partition coefficient (Wildman–Crippen LogP) is -3.30. The molecular formula is C25H36N2O14. The van der Waals surface area contributed by atoms with Crippen LogP contribution >= 0.6 is 0 Å². The van der Waals surface area contributed by atoms with E-state index in [1.165, 1.54) is 13.0 Å². The fourth-order valence-corrected chi connectivity index (χ4v) is 4.85. The van der Waals surface area contributed by atoms with Crippen LogP contribution in [0.4, 0.5) is 0 Å². The fourth-order valence-electron chi connectivity index (χ4n) is 4.85. The first-order valence-electron chi connectivity index (χ1n) is 12.7. The van der Waals surface area contributed by atoms with E-state index in [1.807, 2.05) is 0 Å². The van der Waals surface area contributed by atoms with Crippen LogP contribution in [0.15, 0.2) is 18.2 Å². The maximum Gasteiger partial charge on any atom is 0.326 e. The number of ether oxygens (including phenoxy) is 4. The van der Waals surface area contributed by atoms with E-state index >= 15 is 0 Å². The number of carboxylic acid groups (broad SMARTS) is 1. The summed E-state index contributed by atoms with van der Waals surface area (Å²) in [5.74, 6) is -3.92. The van der Waals surface area contributed by atoms with Crippen LogP contribution < -0.4 is 10.6 Å². The first-order chi connectivity index (χ1) is 19.3. The van der Waals surface area contributed by atoms with Gasteiger partial charge >= 0.3 is 5.97 Å². The summed E-state index contributed by atoms with van der Waals surface area (Å²) in [6, 6.07) is 1.08. The van der Waals surface area contributed by atoms with Gasteiger partial charge in [0.1, 0.15) is 42.7 Å². The van der Waals surface area contributed by atoms with Crippen molar-refractivity contribution in [1.82, 2.24) is 10.6 Å². The third-order valence-corrected chi connectivity index (χ3v) is 6.98. The van der Waals surface area contributed by atoms with Crippen LogP contribution in [-0.2, 0) is 39.8 Å². The van der Waals surface area contributed by atoms with Crippen LogP contribution in [0.25, 0.3) is 0 Å². The van der Waals surface area contributed by atoms with Gasteiger partial charge in [-0.2, -0.15) is 0 Å². The zero-order valence-corrected chi connectivity index (χ0v) is 22.5. The molecule has 9 N–H and O–H groups in total. The van der Waals surface area contributed by atoms with Crippen molar-refractivity contribution in [1.29, 1.82) is 0 Å². The number of aromatic hydroxyl groups is 2. The Morgan fingerprint density at radius 2 is 1.71 bits per heavy atom. The lowest BCUT2D eigenvalue weighted by molar-refractivity contribution is -0.325. The molecule has 0 spiro atoms. The largest absolute Gasteiger partial charge is 0.504 e. The molecule has 0 bridgehead atoms. The van der Waals surface area contributed by atoms with Crippen molar-refractivity contribution < 1.29 is 69.1 Å². The van der Waals surface area contributed by atoms with E-state index in [1.54, 1.807) is 6.92 Å². The number of methoxy groups -OCH3 is 1. The third-order valence-electron chi connectivity index (χ3n) is 6.98. The molecule has 0 aromatic heterocycles. The fraction of sp³-hybridized carbons (Fsp3) is 0.640. The van der Waals surface area contributed by atoms with Crippen LogP contribution in [0.3, 0.4) is 0 Å². The lowest BCUT2D eigenvalue weighted by Gasteiger charge is -2.47. The Morgan fingerprint density at radius 3 is 2.27 bits per heavy atom. The number of hydrogen-bond donors (Lipinski definition) is 9. The molecule has 0 aliphatic carbocycles. The van der Waals surface area contributed by atoms with Gasteiger partial charge in [-0.15, -0.1) is 0 Å². The van der Waals surface area contributed by atoms with Gasteiger partial charge in [0.2, 0.25) is 5.91 Å². The Morgan fingerprint density at radius 1 is 1.02 bits per heavy atom. The number of amides is 2. The Hall–Kier alpha value is -3.09. The highest BCUT2D eigenvalue weighted by Crippen LogP contribution is 2.30. The molecule has 230 valence electrons. The molecule has 2 amide bonds. The highest BCUT2D eigenvalue weighted by molar-refractivity contribution is 5.87. The van der Waals surface area contributed by atoms with Gasteiger partial charge in [0.15, 0.2) is 23.9 Å². The number of carbonyl (C=O) groups excluding carboxylic acids is 2. The van der Waals surface area contributed by atoms with E-state index in [0.29, 0.717) is 0 Å². The minimum absolute atomic E-state index is 0.266. The number of benzene rings is 1. The van der Waals surface area contributed by atoms with Crippen LogP contribution in [0.1, 0.15) is 19.4 Å². The summed E-state index contributed by atoms with van der Waals surface area (Å²) in [5, 5.41) is 75.6. The van der Waals surface area contributed by atoms with Gasteiger partial charge in [0, 0.05) is 20.5 Å². The van der Waals surface area contributed by atoms with Crippen molar-refractivity contribution >= 4 is 17.8 Å². The van der Waals surface area contributed by atoms with Gasteiger partial charge in [-0.1, -0.05) is 6.07 Å². The smallest absolute Gasteiger partial charge is 0.326 e. The summed E-state index contributed by atoms with van der Waals surface area (Å²) in [7, 11) is 1.13. The molecule has 16 nitrogen and oxygen atoms in total. The van der Waals surface area contributed by atoms with Gasteiger partial charge < -0.3 is 65.3 Å². The van der Waals surface area contributed by atoms with E-state index in [9.17, 15) is 50.1 Å². The maximum absolute atomic E-state index is 13.2. The van der Waals surface area contributed by atoms with Crippen molar-refractivity contribution in [2.75, 3.05) is 13.7 Å². The molecule has 0 radical (unpaired) electrons. The Labute approximate surface area is 234 Å². The second-order valence-electron chi connectivity index (χ2n) is 9.91. The molecule has 1 aromatic carbocycles. The van der Waals surface area contributed by atoms with Gasteiger partial charge in [-0.25, -0.2) is 4.79 Å². The number of phenolic OH excluding ortho intramolecular Hbond substituents is 2. The summed E-state index contributed by atoms with van der Waals surface area (Å²) in [6.07, 6.45) is -13.7. The molecule has 2 aliphatic rings. The molecule has 2 saturated heterocycles. The number of nitrogens with one attached hydrogen (secondary N) is 2. The van der Waals surface area contributed by atoms with Crippen LogP contribution in [0.2, 0.25) is 0 Å². The number of rotatable bonds is 10. The molecule has 2 aliphatic heterocycles. The lowest BCUT2D eigenvalue weighted by Crippen LogP contribution is -2.68. The average Bonchev–Trinajstić information content (AvgIpc) is 2.91. The first-order valence-corrected chi connectivity index (χ1v) is 12.7. The summed E-state index contributed by atoms with van der Waals surface area (Å²) >= 11 is 0. The van der Waals surface area contributed by atoms with Crippen molar-refractivity contribution in [3.8, 4) is 11.5 Å². The minimum Gasteiger partial charge on any atom is -0.504 e. The molecule has 16 heteroatoms. The van der Waals surface area contributed by atoms with Crippen LogP contribution in [0.5, 0.6) is 11.5 Å². The molecule has 3 rings (SSSR count). The van der Waals surface area contributed by atoms with Crippen molar-refractivity contribution in [2.24, 2.45) is 0 Å². The summed E-state index contributed by atoms with van der Waals surface area (Å²) < 4.78 is 22.1. The Bertz CT molecular complexity index is 1090. The van der Waals surface area contributed by atoms with E-state index in [0.717, 1.165) is 19.2 Å². The molecule has 11 atom stereocenters. The lowest BCUT2D eigenvalue weighted by atomic mass is 9.92. The van der Waals surface area contributed by atoms with Crippen molar-refractivity contribution in [2.45, 2.75) is 87.5 Å². The Kier molecular flexibility index (Phi) is 10.8. The normalized spacial score (nSPS) is 34.4. The standard InChI is InChI=1S/C25H36N2O14/c1-9-16(26-10(2)29)20(17(32)15(8-28)39-9)40-25-19(34)18(33)21(38-3)22(41-25)23(35)27-12(24(36)37)6-11-4-5-13(30)14(31)7-11/h4-5,7,9,12,15-22,25,28,30-34H,6,8H2,1-3H3,(H,26,29)(H,27,35)(H,36,37)/t9-,12+,15?,16?,17+,18+,19?,20+,21-,22?,25+/m0/s1. The van der Waals surface area contributed by atoms with Crippen molar-refractivity contribution in [3.63, 3.8) is 0 Å². The second kappa shape index (κ2) is 13.7. The number of phenols is 2. The number of carbonyl (C=O) groups is 3. The predicted molar refractivity (Wildman–Crippen MR) is 134 cm³/mol. The molecule has 2 heterocycles. The molecule has 0 saturated carbocycles. The summed E-state index contributed by atoms with van der Waals surface area (Å²) in [5.41, 5.74) is 0.266. The third kappa shape index (κ3) is 7.41. The highest BCUT2D eigenvalue weighted by atomic mass is 16.7. The quantitative estimate of drug-likeness (QED) is 0.121. The monoisotopic (exact) mass is 588 g/mol. The van der Waals surface area contributed by atoms with Gasteiger partial charge in [-0.3, -0.25) is 9.59 Å². The number of aliphatic hydroxyl groups is 4. The first kappa shape index (κ1) is 32.4. The molecule has 1 aromatic rings. The maximum atomic E-state index is 13.2. The number of carboxylic acids is 1. The van der Waals surface area contributed by atoms with Crippen LogP contribution in [-0.4, -0.2) is 134 Å². The molecular weight excluding hydrogens is 552 g/mol. The van der Waals surface area contributed by atoms with Crippen LogP contribution in [0, 0.1) is 0 Å². The molecule has 41 heavy (non-hydrogen) atoms. The zero-order chi connectivity index (χ0) is 30.6. The van der Waals surface area contributed by atoms with Gasteiger partial charge in [0.05, 0.1) is 18.8 Å². The highest BCUT2D eigenvalue weighted by Gasteiger charge is 2.52. The number of hydrogen-bond acceptors (Lipinski definition) is 13. The minimum atomic E-state index is -1.82. The molecule has 2 fully saturated rings. The van der Waals surface area contributed by atoms with E-state index in [4.69, 9.17) is 18.9 Å². The van der Waals surface area contributed by atoms with Crippen molar-refractivity contribution in [3.05, 3.63) is 23.8 Å². The molecule has 4 unspecified atom stereocenters. The van der Waals surface area contributed by atoms with Gasteiger partial charge in [-0.05, 0) is 24.6 Å². The second-order valence-corrected chi connectivity index (χ2v) is 9.91. The summed E-state index contributed by atoms with van der Waals surface area (Å²) in [6.45, 7) is 2.16. The number of aliphatic carboxylic acids is 1. The SMILES string of the molecule is CO[C@@H]1C(C(=O)N[C@H](Cc2ccc(O)c(O)c2)C(=O)O)O[C@@H](O[C@@H]2C(NC(C)=O)[C@H](C)OC(CO)[C@H]2O)C(O)[C@H]1O. The van der Waals surface area contributed by atoms with E-state index < -0.39 is 103 Å². The topological polar surface area (TPSA) is 254 Å². The van der Waals surface area contributed by atoms with E-state index in [-0.39, 0.29) is 12.0 Å². The van der Waals surface area contributed by atoms with E-state index in [2.05, 4.69) is 10.6 Å². The summed E-state index contributed by atoms with van der Waals surface area (Å²) in [4.78, 5) is 36.9. The number of aliphatic hydroxyl groups excluding tert-OH is 4.